The number of aryl methyl sites for hydroxylation is 1. The summed E-state index contributed by atoms with van der Waals surface area (Å²) in [6.07, 6.45) is 2.70. The van der Waals surface area contributed by atoms with Crippen molar-refractivity contribution in [3.63, 3.8) is 0 Å². The predicted molar refractivity (Wildman–Crippen MR) is 105 cm³/mol. The fraction of sp³-hybridized carbons (Fsp3) is 0.350. The molecule has 0 unspecified atom stereocenters. The van der Waals surface area contributed by atoms with Crippen LogP contribution in [0.2, 0.25) is 0 Å². The first-order chi connectivity index (χ1) is 12.7. The Balaban J connectivity index is 0.000000289. The maximum Gasteiger partial charge on any atom is 0.323 e. The molecule has 3 N–H and O–H groups in total. The van der Waals surface area contributed by atoms with Gasteiger partial charge in [-0.1, -0.05) is 67.8 Å². The van der Waals surface area contributed by atoms with Crippen LogP contribution in [-0.4, -0.2) is 25.0 Å². The molecule has 148 valence electrons. The van der Waals surface area contributed by atoms with Gasteiger partial charge in [0.1, 0.15) is 12.6 Å². The quantitative estimate of drug-likeness (QED) is 0.551. The summed E-state index contributed by atoms with van der Waals surface area (Å²) in [6, 6.07) is 15.1. The lowest BCUT2D eigenvalue weighted by molar-refractivity contribution is -0.146. The van der Waals surface area contributed by atoms with E-state index in [0.717, 1.165) is 24.0 Å². The zero-order valence-corrected chi connectivity index (χ0v) is 16.5. The van der Waals surface area contributed by atoms with Crippen molar-refractivity contribution in [2.24, 2.45) is 5.73 Å². The lowest BCUT2D eigenvalue weighted by atomic mass is 10.1. The Morgan fingerprint density at radius 3 is 2.22 bits per heavy atom. The summed E-state index contributed by atoms with van der Waals surface area (Å²) in [5.41, 5.74) is 7.63. The van der Waals surface area contributed by atoms with Gasteiger partial charge in [0, 0.05) is 0 Å². The second-order valence-corrected chi connectivity index (χ2v) is 7.55. The van der Waals surface area contributed by atoms with Gasteiger partial charge < -0.3 is 10.5 Å². The van der Waals surface area contributed by atoms with Gasteiger partial charge in [-0.3, -0.25) is 9.35 Å². The Hall–Kier alpha value is -2.22. The SMILES string of the molecule is CCCC[C@@H](N)C(=O)OCc1ccccc1.Cc1ccc(S(=O)(=O)O)cc1. The van der Waals surface area contributed by atoms with E-state index in [-0.39, 0.29) is 10.9 Å². The van der Waals surface area contributed by atoms with Gasteiger partial charge in [-0.15, -0.1) is 0 Å². The molecule has 0 aliphatic carbocycles. The number of rotatable bonds is 7. The summed E-state index contributed by atoms with van der Waals surface area (Å²) in [6.45, 7) is 4.22. The van der Waals surface area contributed by atoms with Crippen molar-refractivity contribution >= 4 is 16.1 Å². The molecule has 0 aliphatic rings. The van der Waals surface area contributed by atoms with E-state index in [1.807, 2.05) is 37.3 Å². The summed E-state index contributed by atoms with van der Waals surface area (Å²) in [5, 5.41) is 0. The molecule has 7 heteroatoms. The number of carbonyl (C=O) groups is 1. The molecule has 0 bridgehead atoms. The van der Waals surface area contributed by atoms with E-state index in [1.54, 1.807) is 12.1 Å². The normalized spacial score (nSPS) is 11.9. The molecule has 0 spiro atoms. The third kappa shape index (κ3) is 9.33. The average Bonchev–Trinajstić information content (AvgIpc) is 2.65. The molecule has 0 aromatic heterocycles. The maximum atomic E-state index is 11.5. The van der Waals surface area contributed by atoms with Crippen LogP contribution in [0.1, 0.15) is 37.3 Å². The number of hydrogen-bond acceptors (Lipinski definition) is 5. The first-order valence-corrected chi connectivity index (χ1v) is 10.2. The second-order valence-electron chi connectivity index (χ2n) is 6.13. The van der Waals surface area contributed by atoms with Crippen LogP contribution in [0.25, 0.3) is 0 Å². The highest BCUT2D eigenvalue weighted by molar-refractivity contribution is 7.85. The van der Waals surface area contributed by atoms with E-state index in [4.69, 9.17) is 15.0 Å². The number of benzene rings is 2. The van der Waals surface area contributed by atoms with Crippen LogP contribution >= 0.6 is 0 Å². The number of esters is 1. The van der Waals surface area contributed by atoms with Gasteiger partial charge in [-0.2, -0.15) is 8.42 Å². The molecule has 1 atom stereocenters. The molecule has 0 heterocycles. The number of unbranched alkanes of at least 4 members (excludes halogenated alkanes) is 1. The fourth-order valence-electron chi connectivity index (χ4n) is 2.09. The lowest BCUT2D eigenvalue weighted by Crippen LogP contribution is -2.32. The fourth-order valence-corrected chi connectivity index (χ4v) is 2.57. The molecular formula is C20H27NO5S. The van der Waals surface area contributed by atoms with Crippen LogP contribution in [0.4, 0.5) is 0 Å². The van der Waals surface area contributed by atoms with Crippen molar-refractivity contribution in [1.29, 1.82) is 0 Å². The summed E-state index contributed by atoms with van der Waals surface area (Å²) >= 11 is 0. The first kappa shape index (κ1) is 22.8. The molecule has 6 nitrogen and oxygen atoms in total. The molecule has 27 heavy (non-hydrogen) atoms. The summed E-state index contributed by atoms with van der Waals surface area (Å²) in [5.74, 6) is -0.308. The zero-order valence-electron chi connectivity index (χ0n) is 15.7. The van der Waals surface area contributed by atoms with E-state index < -0.39 is 16.2 Å². The highest BCUT2D eigenvalue weighted by Gasteiger charge is 2.13. The summed E-state index contributed by atoms with van der Waals surface area (Å²) in [4.78, 5) is 11.4. The van der Waals surface area contributed by atoms with Crippen LogP contribution in [-0.2, 0) is 26.3 Å². The number of ether oxygens (including phenoxy) is 1. The monoisotopic (exact) mass is 393 g/mol. The van der Waals surface area contributed by atoms with Gasteiger partial charge in [0.05, 0.1) is 4.90 Å². The smallest absolute Gasteiger partial charge is 0.323 e. The standard InChI is InChI=1S/C13H19NO2.C7H8O3S/c1-2-3-9-12(14)13(15)16-10-11-7-5-4-6-8-11;1-6-2-4-7(5-3-6)11(8,9)10/h4-8,12H,2-3,9-10,14H2,1H3;2-5H,1H3,(H,8,9,10)/t12-;/m1./s1. The molecule has 0 amide bonds. The van der Waals surface area contributed by atoms with Gasteiger partial charge in [0.2, 0.25) is 0 Å². The van der Waals surface area contributed by atoms with E-state index in [1.165, 1.54) is 12.1 Å². The molecule has 2 rings (SSSR count). The first-order valence-electron chi connectivity index (χ1n) is 8.74. The van der Waals surface area contributed by atoms with Crippen molar-refractivity contribution in [2.45, 2.75) is 50.7 Å². The largest absolute Gasteiger partial charge is 0.460 e. The van der Waals surface area contributed by atoms with Crippen LogP contribution in [0.3, 0.4) is 0 Å². The summed E-state index contributed by atoms with van der Waals surface area (Å²) in [7, 11) is -4.02. The van der Waals surface area contributed by atoms with Gasteiger partial charge in [0.15, 0.2) is 0 Å². The lowest BCUT2D eigenvalue weighted by Gasteiger charge is -2.10. The Bertz CT molecular complexity index is 789. The molecule has 2 aromatic carbocycles. The van der Waals surface area contributed by atoms with Gasteiger partial charge >= 0.3 is 5.97 Å². The second kappa shape index (κ2) is 11.5. The summed E-state index contributed by atoms with van der Waals surface area (Å²) < 4.78 is 34.7. The van der Waals surface area contributed by atoms with E-state index >= 15 is 0 Å². The Labute approximate surface area is 161 Å². The van der Waals surface area contributed by atoms with Crippen molar-refractivity contribution in [2.75, 3.05) is 0 Å². The number of nitrogens with two attached hydrogens (primary N) is 1. The molecule has 0 radical (unpaired) electrons. The number of carbonyl (C=O) groups excluding carboxylic acids is 1. The minimum absolute atomic E-state index is 0.0666. The van der Waals surface area contributed by atoms with Gasteiger partial charge in [-0.25, -0.2) is 0 Å². The molecule has 0 fully saturated rings. The van der Waals surface area contributed by atoms with Gasteiger partial charge in [-0.05, 0) is 31.0 Å². The third-order valence-electron chi connectivity index (χ3n) is 3.71. The van der Waals surface area contributed by atoms with Crippen molar-refractivity contribution < 1.29 is 22.5 Å². The van der Waals surface area contributed by atoms with Crippen molar-refractivity contribution in [3.8, 4) is 0 Å². The molecule has 0 saturated carbocycles. The zero-order chi connectivity index (χ0) is 20.3. The predicted octanol–water partition coefficient (Wildman–Crippen LogP) is 3.49. The van der Waals surface area contributed by atoms with Gasteiger partial charge in [0.25, 0.3) is 10.1 Å². The average molecular weight is 394 g/mol. The van der Waals surface area contributed by atoms with Crippen LogP contribution in [0.15, 0.2) is 59.5 Å². The number of hydrogen-bond donors (Lipinski definition) is 2. The van der Waals surface area contributed by atoms with Crippen molar-refractivity contribution in [3.05, 3.63) is 65.7 Å². The van der Waals surface area contributed by atoms with E-state index in [9.17, 15) is 13.2 Å². The van der Waals surface area contributed by atoms with Crippen LogP contribution in [0.5, 0.6) is 0 Å². The van der Waals surface area contributed by atoms with Crippen LogP contribution < -0.4 is 5.73 Å². The molecular weight excluding hydrogens is 366 g/mol. The molecule has 2 aromatic rings. The minimum atomic E-state index is -4.02. The highest BCUT2D eigenvalue weighted by Crippen LogP contribution is 2.08. The maximum absolute atomic E-state index is 11.5. The minimum Gasteiger partial charge on any atom is -0.460 e. The molecule has 0 aliphatic heterocycles. The third-order valence-corrected chi connectivity index (χ3v) is 4.58. The van der Waals surface area contributed by atoms with Crippen molar-refractivity contribution in [1.82, 2.24) is 0 Å². The van der Waals surface area contributed by atoms with E-state index in [2.05, 4.69) is 6.92 Å². The molecule has 0 saturated heterocycles. The van der Waals surface area contributed by atoms with E-state index in [0.29, 0.717) is 13.0 Å². The Morgan fingerprint density at radius 2 is 1.70 bits per heavy atom. The van der Waals surface area contributed by atoms with Crippen LogP contribution in [0, 0.1) is 6.92 Å². The topological polar surface area (TPSA) is 107 Å². The Kier molecular flexibility index (Phi) is 9.71. The Morgan fingerprint density at radius 1 is 1.11 bits per heavy atom. The highest BCUT2D eigenvalue weighted by atomic mass is 32.2.